The quantitative estimate of drug-likeness (QED) is 0.0373. The van der Waals surface area contributed by atoms with E-state index in [2.05, 4.69) is 35.8 Å². The molecule has 2 unspecified atom stereocenters. The highest BCUT2D eigenvalue weighted by atomic mass is 32.1. The van der Waals surface area contributed by atoms with Crippen LogP contribution in [0.1, 0.15) is 133 Å². The van der Waals surface area contributed by atoms with Gasteiger partial charge in [0.05, 0.1) is 29.6 Å². The van der Waals surface area contributed by atoms with Crippen LogP contribution in [0.3, 0.4) is 0 Å². The van der Waals surface area contributed by atoms with Crippen molar-refractivity contribution in [3.63, 3.8) is 0 Å². The summed E-state index contributed by atoms with van der Waals surface area (Å²) in [6.07, 6.45) is -6.11. The number of nitrogen functional groups attached to an aromatic ring is 1. The van der Waals surface area contributed by atoms with Crippen molar-refractivity contribution in [3.8, 4) is 21.1 Å². The molecule has 0 bridgehead atoms. The molecule has 376 valence electrons. The van der Waals surface area contributed by atoms with Gasteiger partial charge in [-0.15, -0.1) is 22.7 Å². The summed E-state index contributed by atoms with van der Waals surface area (Å²) in [5.74, 6) is -0.773. The lowest BCUT2D eigenvalue weighted by Crippen LogP contribution is -2.11. The van der Waals surface area contributed by atoms with E-state index in [4.69, 9.17) is 15.8 Å². The normalized spacial score (nSPS) is 12.4. The summed E-state index contributed by atoms with van der Waals surface area (Å²) in [4.78, 5) is 44.1. The molecule has 2 atom stereocenters. The van der Waals surface area contributed by atoms with E-state index in [1.165, 1.54) is 54.0 Å². The molecular weight excluding hydrogens is 951 g/mol. The number of aryl methyl sites for hydroxylation is 4. The number of nitrogens with zero attached hydrogens (tertiary/aromatic N) is 2. The van der Waals surface area contributed by atoms with Gasteiger partial charge in [-0.2, -0.15) is 26.3 Å². The summed E-state index contributed by atoms with van der Waals surface area (Å²) >= 11 is 2.89. The molecule has 0 amide bonds. The number of carbonyl (C=O) groups excluding carboxylic acids is 2. The third-order valence-electron chi connectivity index (χ3n) is 11.2. The number of alkyl halides is 6. The fraction of sp³-hybridized carbons (Fsp3) is 0.377. The Hall–Kier alpha value is -6.07. The van der Waals surface area contributed by atoms with Gasteiger partial charge in [-0.25, -0.2) is 9.97 Å². The number of anilines is 2. The van der Waals surface area contributed by atoms with Gasteiger partial charge >= 0.3 is 24.3 Å². The zero-order valence-electron chi connectivity index (χ0n) is 40.6. The Morgan fingerprint density at radius 3 is 1.59 bits per heavy atom. The van der Waals surface area contributed by atoms with Crippen LogP contribution in [0, 0.1) is 13.8 Å². The number of thiazole rings is 2. The predicted molar refractivity (Wildman–Crippen MR) is 268 cm³/mol. The maximum atomic E-state index is 12.9. The van der Waals surface area contributed by atoms with Gasteiger partial charge in [0.1, 0.15) is 16.3 Å². The lowest BCUT2D eigenvalue weighted by Gasteiger charge is -2.16. The van der Waals surface area contributed by atoms with Gasteiger partial charge < -0.3 is 25.7 Å². The van der Waals surface area contributed by atoms with Crippen molar-refractivity contribution in [3.05, 3.63) is 139 Å². The minimum absolute atomic E-state index is 0.106. The molecule has 6 aromatic rings. The van der Waals surface area contributed by atoms with E-state index in [1.54, 1.807) is 6.92 Å². The Labute approximate surface area is 413 Å². The third-order valence-corrected chi connectivity index (χ3v) is 13.9. The number of esters is 1. The van der Waals surface area contributed by atoms with Crippen molar-refractivity contribution >= 4 is 52.3 Å². The number of aliphatic carboxylic acids is 1. The van der Waals surface area contributed by atoms with E-state index in [-0.39, 0.29) is 36.1 Å². The van der Waals surface area contributed by atoms with Crippen molar-refractivity contribution in [1.29, 1.82) is 0 Å². The summed E-state index contributed by atoms with van der Waals surface area (Å²) in [5.41, 5.74) is 13.4. The number of methoxy groups -OCH3 is 1. The van der Waals surface area contributed by atoms with Gasteiger partial charge in [0, 0.05) is 63.5 Å². The van der Waals surface area contributed by atoms with E-state index in [0.29, 0.717) is 41.9 Å². The molecule has 70 heavy (non-hydrogen) atoms. The number of hydrogen-bond donors (Lipinski definition) is 3. The van der Waals surface area contributed by atoms with E-state index in [9.17, 15) is 40.7 Å². The maximum absolute atomic E-state index is 12.9. The molecule has 17 heteroatoms. The van der Waals surface area contributed by atoms with Crippen LogP contribution in [0.25, 0.3) is 21.1 Å². The number of aldehydes is 1. The molecule has 0 fully saturated rings. The van der Waals surface area contributed by atoms with Crippen LogP contribution in [0.2, 0.25) is 0 Å². The van der Waals surface area contributed by atoms with Crippen molar-refractivity contribution in [1.82, 2.24) is 9.97 Å². The number of carboxylic acid groups (broad SMARTS) is 1. The Bertz CT molecular complexity index is 2680. The number of carboxylic acids is 1. The van der Waals surface area contributed by atoms with Crippen LogP contribution in [0.4, 0.5) is 37.7 Å². The Morgan fingerprint density at radius 2 is 1.16 bits per heavy atom. The predicted octanol–water partition coefficient (Wildman–Crippen LogP) is 14.4. The fourth-order valence-electron chi connectivity index (χ4n) is 7.14. The molecule has 0 aliphatic heterocycles. The number of carbonyl (C=O) groups is 3. The van der Waals surface area contributed by atoms with Crippen molar-refractivity contribution in [2.24, 2.45) is 0 Å². The number of rotatable bonds is 16. The van der Waals surface area contributed by atoms with Crippen LogP contribution in [-0.4, -0.2) is 47.0 Å². The fourth-order valence-corrected chi connectivity index (χ4v) is 9.65. The molecule has 2 aromatic heterocycles. The SMILES string of the molecule is CC(C)c1nc(-c2ccc(C(F)(F)F)cc2)sc1C(C)C=O.COC(=O)CCc1ccc(N)cc1C.Cc1cc(NCC(C)c2sc(-c3ccc(C(F)(F)F)cc3)nc2C(C)C)ccc1CCC(=O)O. The zero-order chi connectivity index (χ0) is 52.1. The van der Waals surface area contributed by atoms with Gasteiger partial charge in [-0.05, 0) is 109 Å². The Kier molecular flexibility index (Phi) is 20.3. The molecule has 0 spiro atoms. The van der Waals surface area contributed by atoms with Gasteiger partial charge in [0.2, 0.25) is 0 Å². The van der Waals surface area contributed by atoms with Gasteiger partial charge in [-0.3, -0.25) is 9.59 Å². The van der Waals surface area contributed by atoms with E-state index in [1.807, 2.05) is 64.1 Å². The van der Waals surface area contributed by atoms with Crippen LogP contribution in [0.5, 0.6) is 0 Å². The van der Waals surface area contributed by atoms with Crippen LogP contribution in [-0.2, 0) is 44.3 Å². The van der Waals surface area contributed by atoms with Crippen molar-refractivity contribution < 1.29 is 50.6 Å². The molecule has 0 saturated carbocycles. The molecule has 4 aromatic carbocycles. The number of nitrogens with two attached hydrogens (primary N) is 1. The first kappa shape index (κ1) is 56.5. The van der Waals surface area contributed by atoms with Crippen LogP contribution in [0.15, 0.2) is 84.9 Å². The van der Waals surface area contributed by atoms with Crippen molar-refractivity contribution in [2.75, 3.05) is 24.7 Å². The second-order valence-electron chi connectivity index (χ2n) is 17.5. The highest BCUT2D eigenvalue weighted by Gasteiger charge is 2.31. The summed E-state index contributed by atoms with van der Waals surface area (Å²) < 4.78 is 81.1. The summed E-state index contributed by atoms with van der Waals surface area (Å²) in [6, 6.07) is 21.7. The molecule has 0 aliphatic carbocycles. The molecule has 9 nitrogen and oxygen atoms in total. The zero-order valence-corrected chi connectivity index (χ0v) is 42.3. The number of benzene rings is 4. The molecular formula is C53H60F6N4O5S2. The monoisotopic (exact) mass is 1010 g/mol. The second-order valence-corrected chi connectivity index (χ2v) is 19.6. The average molecular weight is 1010 g/mol. The largest absolute Gasteiger partial charge is 0.481 e. The van der Waals surface area contributed by atoms with Gasteiger partial charge in [-0.1, -0.05) is 77.9 Å². The Balaban J connectivity index is 0.000000252. The molecule has 4 N–H and O–H groups in total. The standard InChI is InChI=1S/C26H29F3N2O2S.C16H16F3NOS.C11H15NO2/c1-15(2)23-24(34-25(31-23)19-5-9-20(10-6-19)26(27,28)29)17(4)14-30-21-11-7-18(16(3)13-21)8-12-22(32)33;1-9(2)13-14(10(3)8-21)22-15(20-13)11-4-6-12(7-5-11)16(17,18)19;1-8-7-10(12)5-3-9(8)4-6-11(13)14-2/h5-7,9-11,13,15,17,30H,8,12,14H2,1-4H3,(H,32,33);4-10H,1-3H3;3,5,7H,4,6,12H2,1-2H3. The van der Waals surface area contributed by atoms with E-state index >= 15 is 0 Å². The highest BCUT2D eigenvalue weighted by Crippen LogP contribution is 2.39. The molecule has 6 rings (SSSR count). The van der Waals surface area contributed by atoms with Gasteiger partial charge in [0.15, 0.2) is 0 Å². The second kappa shape index (κ2) is 25.2. The number of hydrogen-bond acceptors (Lipinski definition) is 10. The smallest absolute Gasteiger partial charge is 0.416 e. The summed E-state index contributed by atoms with van der Waals surface area (Å²) in [7, 11) is 1.40. The molecule has 0 aliphatic rings. The number of nitrogens with one attached hydrogen (secondary N) is 1. The maximum Gasteiger partial charge on any atom is 0.416 e. The summed E-state index contributed by atoms with van der Waals surface area (Å²) in [5, 5.41) is 13.7. The average Bonchev–Trinajstić information content (AvgIpc) is 3.97. The first-order valence-electron chi connectivity index (χ1n) is 22.6. The molecule has 0 saturated heterocycles. The molecule has 0 radical (unpaired) electrons. The van der Waals surface area contributed by atoms with Gasteiger partial charge in [0.25, 0.3) is 0 Å². The topological polar surface area (TPSA) is 144 Å². The third kappa shape index (κ3) is 16.3. The lowest BCUT2D eigenvalue weighted by molar-refractivity contribution is -0.141. The van der Waals surface area contributed by atoms with Crippen LogP contribution < -0.4 is 11.1 Å². The number of halogens is 6. The summed E-state index contributed by atoms with van der Waals surface area (Å²) in [6.45, 7) is 16.6. The number of aromatic nitrogens is 2. The lowest BCUT2D eigenvalue weighted by atomic mass is 10.0. The van der Waals surface area contributed by atoms with E-state index in [0.717, 1.165) is 90.3 Å². The minimum Gasteiger partial charge on any atom is -0.481 e. The first-order valence-corrected chi connectivity index (χ1v) is 24.2. The Morgan fingerprint density at radius 1 is 0.700 bits per heavy atom. The number of ether oxygens (including phenoxy) is 1. The minimum atomic E-state index is -4.36. The van der Waals surface area contributed by atoms with Crippen molar-refractivity contribution in [2.45, 2.75) is 117 Å². The molecule has 2 heterocycles. The first-order chi connectivity index (χ1) is 32.8. The highest BCUT2D eigenvalue weighted by molar-refractivity contribution is 7.15. The van der Waals surface area contributed by atoms with Crippen LogP contribution >= 0.6 is 22.7 Å². The van der Waals surface area contributed by atoms with E-state index < -0.39 is 29.4 Å².